The van der Waals surface area contributed by atoms with E-state index in [2.05, 4.69) is 24.2 Å². The highest BCUT2D eigenvalue weighted by atomic mass is 35.5. The van der Waals surface area contributed by atoms with Gasteiger partial charge in [0.15, 0.2) is 9.84 Å². The molecule has 1 N–H and O–H groups in total. The lowest BCUT2D eigenvalue weighted by Gasteiger charge is -2.29. The van der Waals surface area contributed by atoms with Gasteiger partial charge < -0.3 is 5.32 Å². The molecule has 0 radical (unpaired) electrons. The average molecular weight is 331 g/mol. The van der Waals surface area contributed by atoms with E-state index in [1.54, 1.807) is 0 Å². The zero-order valence-electron chi connectivity index (χ0n) is 12.5. The molecule has 1 heterocycles. The summed E-state index contributed by atoms with van der Waals surface area (Å²) in [6.45, 7) is 3.58. The lowest BCUT2D eigenvalue weighted by molar-refractivity contribution is 0.247. The molecule has 1 saturated heterocycles. The Balaban J connectivity index is 1.86. The molecule has 0 spiro atoms. The van der Waals surface area contributed by atoms with Crippen molar-refractivity contribution in [2.45, 2.75) is 25.4 Å². The molecule has 1 aromatic carbocycles. The smallest absolute Gasteiger partial charge is 0.153 e. The van der Waals surface area contributed by atoms with Gasteiger partial charge in [-0.15, -0.1) is 0 Å². The van der Waals surface area contributed by atoms with Crippen molar-refractivity contribution in [3.8, 4) is 0 Å². The summed E-state index contributed by atoms with van der Waals surface area (Å²) in [5.41, 5.74) is 1.21. The van der Waals surface area contributed by atoms with E-state index in [9.17, 15) is 8.42 Å². The number of rotatable bonds is 5. The molecule has 0 aliphatic carbocycles. The van der Waals surface area contributed by atoms with Crippen LogP contribution < -0.4 is 5.32 Å². The minimum absolute atomic E-state index is 0.0728. The van der Waals surface area contributed by atoms with Crippen LogP contribution in [0.2, 0.25) is 5.02 Å². The first-order valence-corrected chi connectivity index (χ1v) is 9.47. The van der Waals surface area contributed by atoms with Crippen LogP contribution in [-0.2, 0) is 9.84 Å². The van der Waals surface area contributed by atoms with Crippen molar-refractivity contribution in [3.05, 3.63) is 34.9 Å². The summed E-state index contributed by atoms with van der Waals surface area (Å²) < 4.78 is 23.3. The predicted molar refractivity (Wildman–Crippen MR) is 87.6 cm³/mol. The molecule has 6 heteroatoms. The highest BCUT2D eigenvalue weighted by Crippen LogP contribution is 2.21. The molecule has 1 aliphatic rings. The number of nitrogens with one attached hydrogen (secondary N) is 1. The molecule has 4 nitrogen and oxygen atoms in total. The summed E-state index contributed by atoms with van der Waals surface area (Å²) in [5, 5.41) is 4.03. The van der Waals surface area contributed by atoms with Gasteiger partial charge in [-0.2, -0.15) is 0 Å². The number of sulfone groups is 1. The molecule has 2 atom stereocenters. The van der Waals surface area contributed by atoms with E-state index in [1.807, 2.05) is 24.3 Å². The van der Waals surface area contributed by atoms with Crippen molar-refractivity contribution in [1.29, 1.82) is 0 Å². The summed E-state index contributed by atoms with van der Waals surface area (Å²) in [6, 6.07) is 8.22. The largest absolute Gasteiger partial charge is 0.312 e. The molecule has 1 aliphatic heterocycles. The molecule has 1 aromatic rings. The maximum atomic E-state index is 11.6. The molecule has 0 aromatic heterocycles. The Morgan fingerprint density at radius 2 is 2.05 bits per heavy atom. The third kappa shape index (κ3) is 4.95. The van der Waals surface area contributed by atoms with Crippen LogP contribution in [0.3, 0.4) is 0 Å². The Labute approximate surface area is 132 Å². The first kappa shape index (κ1) is 16.7. The second kappa shape index (κ2) is 7.09. The third-order valence-corrected chi connectivity index (χ3v) is 6.13. The number of hydrogen-bond donors (Lipinski definition) is 1. The molecule has 0 amide bonds. The maximum Gasteiger partial charge on any atom is 0.153 e. The normalized spacial score (nSPS) is 23.1. The number of benzene rings is 1. The van der Waals surface area contributed by atoms with Crippen LogP contribution in [0.1, 0.15) is 24.9 Å². The van der Waals surface area contributed by atoms with Gasteiger partial charge >= 0.3 is 0 Å². The summed E-state index contributed by atoms with van der Waals surface area (Å²) in [6.07, 6.45) is 0.841. The molecule has 21 heavy (non-hydrogen) atoms. The average Bonchev–Trinajstić information content (AvgIpc) is 2.44. The molecule has 118 valence electrons. The Morgan fingerprint density at radius 1 is 1.38 bits per heavy atom. The first-order chi connectivity index (χ1) is 9.87. The fourth-order valence-electron chi connectivity index (χ4n) is 2.60. The van der Waals surface area contributed by atoms with Crippen molar-refractivity contribution < 1.29 is 8.42 Å². The van der Waals surface area contributed by atoms with Crippen molar-refractivity contribution >= 4 is 21.4 Å². The van der Waals surface area contributed by atoms with Crippen LogP contribution in [-0.4, -0.2) is 51.0 Å². The van der Waals surface area contributed by atoms with Crippen LogP contribution in [0, 0.1) is 0 Å². The SMILES string of the molecule is CC(c1ccc(Cl)cc1)N(C)CCC1CS(=O)(=O)CCN1. The fraction of sp³-hybridized carbons (Fsp3) is 0.600. The van der Waals surface area contributed by atoms with Crippen molar-refractivity contribution in [3.63, 3.8) is 0 Å². The molecule has 0 saturated carbocycles. The number of hydrogen-bond acceptors (Lipinski definition) is 4. The summed E-state index contributed by atoms with van der Waals surface area (Å²) in [7, 11) is -0.787. The second-order valence-corrected chi connectivity index (χ2v) is 8.43. The zero-order valence-corrected chi connectivity index (χ0v) is 14.1. The van der Waals surface area contributed by atoms with Crippen LogP contribution in [0.4, 0.5) is 0 Å². The van der Waals surface area contributed by atoms with Gasteiger partial charge in [0.25, 0.3) is 0 Å². The predicted octanol–water partition coefficient (Wildman–Crippen LogP) is 2.11. The van der Waals surface area contributed by atoms with Gasteiger partial charge in [0.1, 0.15) is 0 Å². The lowest BCUT2D eigenvalue weighted by Crippen LogP contribution is -2.46. The van der Waals surface area contributed by atoms with Crippen LogP contribution >= 0.6 is 11.6 Å². The Hall–Kier alpha value is -0.620. The van der Waals surface area contributed by atoms with Gasteiger partial charge in [0.2, 0.25) is 0 Å². The van der Waals surface area contributed by atoms with Gasteiger partial charge in [-0.3, -0.25) is 4.90 Å². The Kier molecular flexibility index (Phi) is 5.66. The third-order valence-electron chi connectivity index (χ3n) is 4.15. The minimum Gasteiger partial charge on any atom is -0.312 e. The first-order valence-electron chi connectivity index (χ1n) is 7.27. The van der Waals surface area contributed by atoms with E-state index < -0.39 is 9.84 Å². The molecule has 1 fully saturated rings. The molecule has 2 unspecified atom stereocenters. The van der Waals surface area contributed by atoms with Crippen LogP contribution in [0.5, 0.6) is 0 Å². The summed E-state index contributed by atoms with van der Waals surface area (Å²) in [4.78, 5) is 2.24. The minimum atomic E-state index is -2.85. The summed E-state index contributed by atoms with van der Waals surface area (Å²) >= 11 is 5.91. The van der Waals surface area contributed by atoms with Crippen molar-refractivity contribution in [2.75, 3.05) is 31.6 Å². The van der Waals surface area contributed by atoms with E-state index >= 15 is 0 Å². The van der Waals surface area contributed by atoms with Gasteiger partial charge in [-0.1, -0.05) is 23.7 Å². The van der Waals surface area contributed by atoms with Gasteiger partial charge in [0.05, 0.1) is 11.5 Å². The van der Waals surface area contributed by atoms with Crippen LogP contribution in [0.15, 0.2) is 24.3 Å². The second-order valence-electron chi connectivity index (χ2n) is 5.76. The van der Waals surface area contributed by atoms with E-state index in [0.717, 1.165) is 18.0 Å². The van der Waals surface area contributed by atoms with Crippen LogP contribution in [0.25, 0.3) is 0 Å². The monoisotopic (exact) mass is 330 g/mol. The van der Waals surface area contributed by atoms with Crippen molar-refractivity contribution in [1.82, 2.24) is 10.2 Å². The van der Waals surface area contributed by atoms with E-state index in [1.165, 1.54) is 5.56 Å². The standard InChI is InChI=1S/C15H23ClN2O2S/c1-12(13-3-5-14(16)6-4-13)18(2)9-7-15-11-21(19,20)10-8-17-15/h3-6,12,15,17H,7-11H2,1-2H3. The topological polar surface area (TPSA) is 49.4 Å². The van der Waals surface area contributed by atoms with E-state index in [-0.39, 0.29) is 23.6 Å². The number of halogens is 1. The van der Waals surface area contributed by atoms with E-state index in [4.69, 9.17) is 11.6 Å². The quantitative estimate of drug-likeness (QED) is 0.898. The number of nitrogens with zero attached hydrogens (tertiary/aromatic N) is 1. The maximum absolute atomic E-state index is 11.6. The molecule has 2 rings (SSSR count). The van der Waals surface area contributed by atoms with E-state index in [0.29, 0.717) is 6.54 Å². The Morgan fingerprint density at radius 3 is 2.67 bits per heavy atom. The highest BCUT2D eigenvalue weighted by molar-refractivity contribution is 7.91. The molecular formula is C15H23ClN2O2S. The molecule has 0 bridgehead atoms. The van der Waals surface area contributed by atoms with Gasteiger partial charge in [-0.05, 0) is 44.6 Å². The van der Waals surface area contributed by atoms with Crippen molar-refractivity contribution in [2.24, 2.45) is 0 Å². The fourth-order valence-corrected chi connectivity index (χ4v) is 4.22. The lowest BCUT2D eigenvalue weighted by atomic mass is 10.1. The highest BCUT2D eigenvalue weighted by Gasteiger charge is 2.24. The summed E-state index contributed by atoms with van der Waals surface area (Å²) in [5.74, 6) is 0.524. The van der Waals surface area contributed by atoms with Gasteiger partial charge in [-0.25, -0.2) is 8.42 Å². The Bertz CT molecular complexity index is 560. The zero-order chi connectivity index (χ0) is 15.5. The van der Waals surface area contributed by atoms with Gasteiger partial charge in [0, 0.05) is 23.7 Å². The molecular weight excluding hydrogens is 308 g/mol.